The summed E-state index contributed by atoms with van der Waals surface area (Å²) in [7, 11) is 0. The van der Waals surface area contributed by atoms with Crippen LogP contribution in [0.5, 0.6) is 0 Å². The van der Waals surface area contributed by atoms with Crippen molar-refractivity contribution in [3.63, 3.8) is 0 Å². The van der Waals surface area contributed by atoms with Crippen LogP contribution in [0.2, 0.25) is 0 Å². The molecule has 0 aromatic heterocycles. The van der Waals surface area contributed by atoms with E-state index in [1.165, 1.54) is 0 Å². The van der Waals surface area contributed by atoms with E-state index in [1.54, 1.807) is 0 Å². The lowest BCUT2D eigenvalue weighted by Crippen LogP contribution is -2.54. The molecular formula is C10H17NO3. The Hall–Kier alpha value is -0.610. The van der Waals surface area contributed by atoms with Crippen molar-refractivity contribution in [1.29, 1.82) is 0 Å². The van der Waals surface area contributed by atoms with Crippen molar-refractivity contribution in [2.75, 3.05) is 13.1 Å². The van der Waals surface area contributed by atoms with Crippen molar-refractivity contribution in [2.24, 2.45) is 11.3 Å². The molecule has 1 saturated carbocycles. The number of rotatable bonds is 3. The first-order chi connectivity index (χ1) is 6.65. The molecule has 3 N–H and O–H groups in total. The molecule has 0 aromatic rings. The van der Waals surface area contributed by atoms with Crippen molar-refractivity contribution < 1.29 is 15.0 Å². The maximum atomic E-state index is 11.2. The Kier molecular flexibility index (Phi) is 2.49. The lowest BCUT2D eigenvalue weighted by Gasteiger charge is -2.38. The van der Waals surface area contributed by atoms with Gasteiger partial charge in [0.2, 0.25) is 0 Å². The van der Waals surface area contributed by atoms with Crippen LogP contribution in [-0.4, -0.2) is 35.4 Å². The van der Waals surface area contributed by atoms with Crippen LogP contribution in [0.4, 0.5) is 0 Å². The zero-order valence-corrected chi connectivity index (χ0v) is 8.20. The number of carboxylic acids is 1. The number of hydrogen-bond donors (Lipinski definition) is 3. The van der Waals surface area contributed by atoms with Crippen molar-refractivity contribution in [2.45, 2.75) is 31.8 Å². The molecule has 1 saturated heterocycles. The fourth-order valence-corrected chi connectivity index (χ4v) is 2.30. The summed E-state index contributed by atoms with van der Waals surface area (Å²) in [5.74, 6) is -0.315. The Labute approximate surface area is 83.3 Å². The van der Waals surface area contributed by atoms with E-state index in [4.69, 9.17) is 0 Å². The van der Waals surface area contributed by atoms with Gasteiger partial charge in [0, 0.05) is 6.54 Å². The molecule has 0 aromatic carbocycles. The average molecular weight is 199 g/mol. The minimum absolute atomic E-state index is 0.417. The molecule has 0 radical (unpaired) electrons. The highest BCUT2D eigenvalue weighted by Crippen LogP contribution is 2.43. The van der Waals surface area contributed by atoms with E-state index < -0.39 is 17.5 Å². The number of aliphatic carboxylic acids is 1. The van der Waals surface area contributed by atoms with Gasteiger partial charge in [0.1, 0.15) is 5.41 Å². The summed E-state index contributed by atoms with van der Waals surface area (Å²) in [4.78, 5) is 11.2. The van der Waals surface area contributed by atoms with Crippen LogP contribution in [-0.2, 0) is 4.79 Å². The van der Waals surface area contributed by atoms with Gasteiger partial charge in [-0.15, -0.1) is 0 Å². The lowest BCUT2D eigenvalue weighted by molar-refractivity contribution is -0.159. The Bertz CT molecular complexity index is 240. The standard InChI is InChI=1S/C10H17NO3/c12-8-3-4-11-6-10(8,9(13)14)5-7-1-2-7/h7-8,11-12H,1-6H2,(H,13,14)/t8-,10-/m0/s1. The van der Waals surface area contributed by atoms with Crippen LogP contribution >= 0.6 is 0 Å². The van der Waals surface area contributed by atoms with Crippen molar-refractivity contribution in [3.8, 4) is 0 Å². The normalized spacial score (nSPS) is 38.2. The molecule has 4 heteroatoms. The first kappa shape index (κ1) is 9.93. The van der Waals surface area contributed by atoms with Gasteiger partial charge in [0.15, 0.2) is 0 Å². The van der Waals surface area contributed by atoms with Crippen LogP contribution in [0.15, 0.2) is 0 Å². The zero-order valence-electron chi connectivity index (χ0n) is 8.20. The molecule has 0 unspecified atom stereocenters. The van der Waals surface area contributed by atoms with Crippen LogP contribution in [0, 0.1) is 11.3 Å². The molecule has 1 aliphatic heterocycles. The Morgan fingerprint density at radius 3 is 2.64 bits per heavy atom. The lowest BCUT2D eigenvalue weighted by atomic mass is 9.74. The first-order valence-electron chi connectivity index (χ1n) is 5.27. The van der Waals surface area contributed by atoms with Gasteiger partial charge in [0.05, 0.1) is 6.10 Å². The molecule has 1 heterocycles. The van der Waals surface area contributed by atoms with Crippen LogP contribution in [0.25, 0.3) is 0 Å². The van der Waals surface area contributed by atoms with Gasteiger partial charge >= 0.3 is 5.97 Å². The van der Waals surface area contributed by atoms with Crippen molar-refractivity contribution >= 4 is 5.97 Å². The molecule has 2 atom stereocenters. The first-order valence-corrected chi connectivity index (χ1v) is 5.27. The number of aliphatic hydroxyl groups excluding tert-OH is 1. The highest BCUT2D eigenvalue weighted by molar-refractivity contribution is 5.76. The van der Waals surface area contributed by atoms with E-state index in [0.717, 1.165) is 19.4 Å². The van der Waals surface area contributed by atoms with Gasteiger partial charge in [-0.05, 0) is 25.3 Å². The minimum atomic E-state index is -0.917. The number of hydrogen-bond acceptors (Lipinski definition) is 3. The quantitative estimate of drug-likeness (QED) is 0.608. The highest BCUT2D eigenvalue weighted by Gasteiger charge is 2.49. The molecule has 0 bridgehead atoms. The summed E-state index contributed by atoms with van der Waals surface area (Å²) in [6, 6.07) is 0. The Morgan fingerprint density at radius 2 is 2.14 bits per heavy atom. The second-order valence-corrected chi connectivity index (χ2v) is 4.59. The minimum Gasteiger partial charge on any atom is -0.481 e. The highest BCUT2D eigenvalue weighted by atomic mass is 16.4. The number of carbonyl (C=O) groups is 1. The van der Waals surface area contributed by atoms with Gasteiger partial charge in [-0.1, -0.05) is 12.8 Å². The maximum Gasteiger partial charge on any atom is 0.313 e. The predicted octanol–water partition coefficient (Wildman–Crippen LogP) is 0.212. The van der Waals surface area contributed by atoms with Gasteiger partial charge in [-0.25, -0.2) is 0 Å². The van der Waals surface area contributed by atoms with E-state index in [1.807, 2.05) is 0 Å². The second-order valence-electron chi connectivity index (χ2n) is 4.59. The molecule has 0 spiro atoms. The van der Waals surface area contributed by atoms with Crippen LogP contribution in [0.1, 0.15) is 25.7 Å². The monoisotopic (exact) mass is 199 g/mol. The summed E-state index contributed by atoms with van der Waals surface area (Å²) in [6.45, 7) is 1.14. The number of piperidine rings is 1. The second kappa shape index (κ2) is 3.51. The molecule has 2 fully saturated rings. The number of aliphatic hydroxyl groups is 1. The fourth-order valence-electron chi connectivity index (χ4n) is 2.30. The third-order valence-electron chi connectivity index (χ3n) is 3.45. The molecule has 0 amide bonds. The predicted molar refractivity (Wildman–Crippen MR) is 50.9 cm³/mol. The van der Waals surface area contributed by atoms with Gasteiger partial charge in [0.25, 0.3) is 0 Å². The third-order valence-corrected chi connectivity index (χ3v) is 3.45. The summed E-state index contributed by atoms with van der Waals surface area (Å²) in [5, 5.41) is 22.2. The van der Waals surface area contributed by atoms with Gasteiger partial charge in [-0.2, -0.15) is 0 Å². The van der Waals surface area contributed by atoms with Crippen molar-refractivity contribution in [1.82, 2.24) is 5.32 Å². The largest absolute Gasteiger partial charge is 0.481 e. The average Bonchev–Trinajstić information content (AvgIpc) is 2.92. The molecule has 2 aliphatic rings. The number of nitrogens with one attached hydrogen (secondary N) is 1. The van der Waals surface area contributed by atoms with E-state index in [9.17, 15) is 15.0 Å². The Balaban J connectivity index is 2.13. The molecule has 2 rings (SSSR count). The zero-order chi connectivity index (χ0) is 10.2. The maximum absolute atomic E-state index is 11.2. The topological polar surface area (TPSA) is 69.6 Å². The summed E-state index contributed by atoms with van der Waals surface area (Å²) >= 11 is 0. The summed E-state index contributed by atoms with van der Waals surface area (Å²) < 4.78 is 0. The smallest absolute Gasteiger partial charge is 0.313 e. The summed E-state index contributed by atoms with van der Waals surface area (Å²) in [6.07, 6.45) is 2.76. The Morgan fingerprint density at radius 1 is 1.43 bits per heavy atom. The van der Waals surface area contributed by atoms with E-state index in [0.29, 0.717) is 25.3 Å². The summed E-state index contributed by atoms with van der Waals surface area (Å²) in [5.41, 5.74) is -0.917. The molecular weight excluding hydrogens is 182 g/mol. The molecule has 80 valence electrons. The molecule has 4 nitrogen and oxygen atoms in total. The SMILES string of the molecule is O=C(O)[C@@]1(CC2CC2)CNCC[C@@H]1O. The molecule has 14 heavy (non-hydrogen) atoms. The number of carboxylic acid groups (broad SMARTS) is 1. The van der Waals surface area contributed by atoms with Gasteiger partial charge in [-0.3, -0.25) is 4.79 Å². The fraction of sp³-hybridized carbons (Fsp3) is 0.900. The van der Waals surface area contributed by atoms with Crippen molar-refractivity contribution in [3.05, 3.63) is 0 Å². The molecule has 1 aliphatic carbocycles. The van der Waals surface area contributed by atoms with E-state index in [-0.39, 0.29) is 0 Å². The van der Waals surface area contributed by atoms with Crippen LogP contribution < -0.4 is 5.32 Å². The van der Waals surface area contributed by atoms with Gasteiger partial charge < -0.3 is 15.5 Å². The van der Waals surface area contributed by atoms with E-state index >= 15 is 0 Å². The third kappa shape index (κ3) is 1.64. The van der Waals surface area contributed by atoms with E-state index in [2.05, 4.69) is 5.32 Å². The van der Waals surface area contributed by atoms with Crippen LogP contribution in [0.3, 0.4) is 0 Å².